The summed E-state index contributed by atoms with van der Waals surface area (Å²) in [7, 11) is 0. The standard InChI is InChI=1S/C13H18N2/c1-2-5-12-10(4-1)8-11(9-15-12)13-6-3-7-14-13/h1-2,4-5,11,13-15H,3,6-9H2/t11-,13+/m1/s1. The van der Waals surface area contributed by atoms with Gasteiger partial charge in [-0.1, -0.05) is 18.2 Å². The van der Waals surface area contributed by atoms with Crippen LogP contribution >= 0.6 is 0 Å². The van der Waals surface area contributed by atoms with Gasteiger partial charge in [-0.05, 0) is 43.4 Å². The molecule has 0 unspecified atom stereocenters. The Morgan fingerprint density at radius 3 is 3.00 bits per heavy atom. The van der Waals surface area contributed by atoms with Crippen molar-refractivity contribution in [3.63, 3.8) is 0 Å². The molecule has 3 rings (SSSR count). The molecule has 0 aliphatic carbocycles. The van der Waals surface area contributed by atoms with Crippen LogP contribution in [-0.2, 0) is 6.42 Å². The Kier molecular flexibility index (Phi) is 2.37. The minimum Gasteiger partial charge on any atom is -0.384 e. The average molecular weight is 202 g/mol. The second kappa shape index (κ2) is 3.86. The monoisotopic (exact) mass is 202 g/mol. The van der Waals surface area contributed by atoms with Crippen molar-refractivity contribution in [1.29, 1.82) is 0 Å². The van der Waals surface area contributed by atoms with Crippen molar-refractivity contribution in [1.82, 2.24) is 5.32 Å². The lowest BCUT2D eigenvalue weighted by Gasteiger charge is -2.30. The highest BCUT2D eigenvalue weighted by molar-refractivity contribution is 5.53. The highest BCUT2D eigenvalue weighted by Crippen LogP contribution is 2.28. The van der Waals surface area contributed by atoms with Gasteiger partial charge in [0.15, 0.2) is 0 Å². The lowest BCUT2D eigenvalue weighted by Crippen LogP contribution is -2.38. The molecule has 2 aliphatic rings. The summed E-state index contributed by atoms with van der Waals surface area (Å²) in [6.07, 6.45) is 3.94. The highest BCUT2D eigenvalue weighted by Gasteiger charge is 2.27. The maximum atomic E-state index is 3.62. The third-order valence-corrected chi connectivity index (χ3v) is 3.72. The maximum absolute atomic E-state index is 3.62. The van der Waals surface area contributed by atoms with Crippen LogP contribution in [0.1, 0.15) is 18.4 Å². The molecule has 0 radical (unpaired) electrons. The van der Waals surface area contributed by atoms with Gasteiger partial charge in [0.2, 0.25) is 0 Å². The van der Waals surface area contributed by atoms with Crippen molar-refractivity contribution in [3.05, 3.63) is 29.8 Å². The Balaban J connectivity index is 1.76. The van der Waals surface area contributed by atoms with Crippen molar-refractivity contribution in [2.75, 3.05) is 18.4 Å². The van der Waals surface area contributed by atoms with Crippen LogP contribution in [0.5, 0.6) is 0 Å². The molecular weight excluding hydrogens is 184 g/mol. The Bertz CT molecular complexity index is 342. The van der Waals surface area contributed by atoms with Gasteiger partial charge >= 0.3 is 0 Å². The van der Waals surface area contributed by atoms with E-state index < -0.39 is 0 Å². The van der Waals surface area contributed by atoms with Gasteiger partial charge in [-0.3, -0.25) is 0 Å². The van der Waals surface area contributed by atoms with Gasteiger partial charge in [-0.15, -0.1) is 0 Å². The number of benzene rings is 1. The number of hydrogen-bond donors (Lipinski definition) is 2. The minimum atomic E-state index is 0.742. The fourth-order valence-corrected chi connectivity index (χ4v) is 2.86. The Labute approximate surface area is 91.1 Å². The first-order valence-electron chi connectivity index (χ1n) is 5.98. The van der Waals surface area contributed by atoms with Crippen molar-refractivity contribution in [2.45, 2.75) is 25.3 Å². The molecule has 15 heavy (non-hydrogen) atoms. The van der Waals surface area contributed by atoms with E-state index in [1.807, 2.05) is 0 Å². The molecule has 1 aromatic rings. The number of anilines is 1. The maximum Gasteiger partial charge on any atom is 0.0372 e. The lowest BCUT2D eigenvalue weighted by atomic mass is 9.87. The van der Waals surface area contributed by atoms with E-state index in [1.165, 1.54) is 37.1 Å². The molecule has 2 heterocycles. The quantitative estimate of drug-likeness (QED) is 0.728. The van der Waals surface area contributed by atoms with Crippen molar-refractivity contribution >= 4 is 5.69 Å². The van der Waals surface area contributed by atoms with Crippen LogP contribution in [0.4, 0.5) is 5.69 Å². The molecule has 0 bridgehead atoms. The molecule has 2 aliphatic heterocycles. The SMILES string of the molecule is c1ccc2c(c1)C[C@@H]([C@@H]1CCCN1)CN2. The summed E-state index contributed by atoms with van der Waals surface area (Å²) in [4.78, 5) is 0. The van der Waals surface area contributed by atoms with Crippen LogP contribution in [0, 0.1) is 5.92 Å². The molecule has 2 N–H and O–H groups in total. The minimum absolute atomic E-state index is 0.742. The molecular formula is C13H18N2. The van der Waals surface area contributed by atoms with Gasteiger partial charge < -0.3 is 10.6 Å². The van der Waals surface area contributed by atoms with E-state index in [9.17, 15) is 0 Å². The largest absolute Gasteiger partial charge is 0.384 e. The number of rotatable bonds is 1. The van der Waals surface area contributed by atoms with E-state index in [0.29, 0.717) is 0 Å². The fourth-order valence-electron chi connectivity index (χ4n) is 2.86. The normalized spacial score (nSPS) is 29.6. The highest BCUT2D eigenvalue weighted by atomic mass is 15.0. The molecule has 2 heteroatoms. The van der Waals surface area contributed by atoms with E-state index in [2.05, 4.69) is 34.9 Å². The first-order valence-corrected chi connectivity index (χ1v) is 5.98. The van der Waals surface area contributed by atoms with E-state index in [0.717, 1.165) is 18.5 Å². The van der Waals surface area contributed by atoms with Crippen LogP contribution in [0.25, 0.3) is 0 Å². The van der Waals surface area contributed by atoms with Gasteiger partial charge in [0.1, 0.15) is 0 Å². The molecule has 2 nitrogen and oxygen atoms in total. The van der Waals surface area contributed by atoms with Gasteiger partial charge in [0, 0.05) is 18.3 Å². The third kappa shape index (κ3) is 1.74. The second-order valence-corrected chi connectivity index (χ2v) is 4.71. The summed E-state index contributed by atoms with van der Waals surface area (Å²) >= 11 is 0. The van der Waals surface area contributed by atoms with Crippen molar-refractivity contribution in [3.8, 4) is 0 Å². The fraction of sp³-hybridized carbons (Fsp3) is 0.538. The summed E-state index contributed by atoms with van der Waals surface area (Å²) in [5.74, 6) is 0.780. The van der Waals surface area contributed by atoms with Crippen LogP contribution in [-0.4, -0.2) is 19.1 Å². The summed E-state index contributed by atoms with van der Waals surface area (Å²) in [6.45, 7) is 2.34. The third-order valence-electron chi connectivity index (χ3n) is 3.72. The number of fused-ring (bicyclic) bond motifs is 1. The molecule has 1 aromatic carbocycles. The van der Waals surface area contributed by atoms with Crippen LogP contribution < -0.4 is 10.6 Å². The molecule has 1 fully saturated rings. The van der Waals surface area contributed by atoms with Crippen LogP contribution in [0.3, 0.4) is 0 Å². The smallest absolute Gasteiger partial charge is 0.0372 e. The predicted molar refractivity (Wildman–Crippen MR) is 63.2 cm³/mol. The number of hydrogen-bond acceptors (Lipinski definition) is 2. The molecule has 1 saturated heterocycles. The van der Waals surface area contributed by atoms with E-state index in [-0.39, 0.29) is 0 Å². The molecule has 0 amide bonds. The van der Waals surface area contributed by atoms with Crippen molar-refractivity contribution < 1.29 is 0 Å². The first-order chi connectivity index (χ1) is 7.43. The molecule has 0 aromatic heterocycles. The molecule has 2 atom stereocenters. The Morgan fingerprint density at radius 1 is 1.20 bits per heavy atom. The molecule has 80 valence electrons. The number of para-hydroxylation sites is 1. The van der Waals surface area contributed by atoms with E-state index in [1.54, 1.807) is 0 Å². The van der Waals surface area contributed by atoms with Gasteiger partial charge in [0.05, 0.1) is 0 Å². The molecule has 0 saturated carbocycles. The van der Waals surface area contributed by atoms with E-state index in [4.69, 9.17) is 0 Å². The van der Waals surface area contributed by atoms with E-state index >= 15 is 0 Å². The van der Waals surface area contributed by atoms with Gasteiger partial charge in [0.25, 0.3) is 0 Å². The molecule has 0 spiro atoms. The topological polar surface area (TPSA) is 24.1 Å². The predicted octanol–water partition coefficient (Wildman–Crippen LogP) is 2.02. The van der Waals surface area contributed by atoms with Gasteiger partial charge in [-0.25, -0.2) is 0 Å². The van der Waals surface area contributed by atoms with Crippen molar-refractivity contribution in [2.24, 2.45) is 5.92 Å². The Hall–Kier alpha value is -1.02. The van der Waals surface area contributed by atoms with Gasteiger partial charge in [-0.2, -0.15) is 0 Å². The Morgan fingerprint density at radius 2 is 2.13 bits per heavy atom. The van der Waals surface area contributed by atoms with Crippen LogP contribution in [0.15, 0.2) is 24.3 Å². The zero-order valence-corrected chi connectivity index (χ0v) is 9.00. The zero-order chi connectivity index (χ0) is 10.1. The first kappa shape index (κ1) is 9.22. The van der Waals surface area contributed by atoms with Crippen LogP contribution in [0.2, 0.25) is 0 Å². The summed E-state index contributed by atoms with van der Waals surface area (Å²) < 4.78 is 0. The zero-order valence-electron chi connectivity index (χ0n) is 9.00. The average Bonchev–Trinajstić information content (AvgIpc) is 2.82. The summed E-state index contributed by atoms with van der Waals surface area (Å²) in [5, 5.41) is 7.17. The summed E-state index contributed by atoms with van der Waals surface area (Å²) in [5.41, 5.74) is 2.83. The number of nitrogens with one attached hydrogen (secondary N) is 2. The lowest BCUT2D eigenvalue weighted by molar-refractivity contribution is 0.396. The second-order valence-electron chi connectivity index (χ2n) is 4.71. The summed E-state index contributed by atoms with van der Waals surface area (Å²) in [6, 6.07) is 9.44.